The Labute approximate surface area is 84.2 Å². The van der Waals surface area contributed by atoms with Crippen LogP contribution in [0.25, 0.3) is 0 Å². The van der Waals surface area contributed by atoms with Crippen LogP contribution in [0.3, 0.4) is 0 Å². The highest BCUT2D eigenvalue weighted by Crippen LogP contribution is 2.40. The average molecular weight is 195 g/mol. The SMILES string of the molecule is CC(=O)C1=C(C)N[C@]2(O)CCC[C@H]1C2. The molecule has 2 rings (SSSR count). The molecule has 2 atom stereocenters. The van der Waals surface area contributed by atoms with Crippen LogP contribution in [0, 0.1) is 5.92 Å². The molecule has 0 aromatic heterocycles. The minimum absolute atomic E-state index is 0.143. The molecule has 0 unspecified atom stereocenters. The van der Waals surface area contributed by atoms with Gasteiger partial charge in [0.2, 0.25) is 0 Å². The van der Waals surface area contributed by atoms with Gasteiger partial charge < -0.3 is 10.4 Å². The van der Waals surface area contributed by atoms with Crippen molar-refractivity contribution in [2.45, 2.75) is 45.3 Å². The molecule has 3 heteroatoms. The van der Waals surface area contributed by atoms with E-state index >= 15 is 0 Å². The lowest BCUT2D eigenvalue weighted by Gasteiger charge is -2.43. The van der Waals surface area contributed by atoms with Crippen molar-refractivity contribution in [2.75, 3.05) is 0 Å². The molecule has 0 aromatic rings. The largest absolute Gasteiger partial charge is 0.371 e. The Morgan fingerprint density at radius 2 is 2.36 bits per heavy atom. The normalized spacial score (nSPS) is 36.6. The van der Waals surface area contributed by atoms with Gasteiger partial charge in [0, 0.05) is 17.7 Å². The minimum atomic E-state index is -0.744. The molecule has 1 fully saturated rings. The zero-order valence-electron chi connectivity index (χ0n) is 8.76. The molecule has 2 aliphatic rings. The van der Waals surface area contributed by atoms with Gasteiger partial charge in [0.1, 0.15) is 5.72 Å². The van der Waals surface area contributed by atoms with Crippen LogP contribution in [0.2, 0.25) is 0 Å². The molecule has 78 valence electrons. The van der Waals surface area contributed by atoms with Gasteiger partial charge in [-0.25, -0.2) is 0 Å². The summed E-state index contributed by atoms with van der Waals surface area (Å²) in [6.07, 6.45) is 3.53. The minimum Gasteiger partial charge on any atom is -0.371 e. The first-order valence-electron chi connectivity index (χ1n) is 5.24. The van der Waals surface area contributed by atoms with E-state index in [2.05, 4.69) is 5.32 Å². The molecule has 3 nitrogen and oxygen atoms in total. The molecule has 0 radical (unpaired) electrons. The second-order valence-electron chi connectivity index (χ2n) is 4.54. The van der Waals surface area contributed by atoms with E-state index in [0.717, 1.165) is 30.5 Å². The summed E-state index contributed by atoms with van der Waals surface area (Å²) in [4.78, 5) is 11.4. The van der Waals surface area contributed by atoms with Crippen LogP contribution in [0.1, 0.15) is 39.5 Å². The molecule has 0 aromatic carbocycles. The number of carbonyl (C=O) groups is 1. The van der Waals surface area contributed by atoms with Crippen LogP contribution in [0.4, 0.5) is 0 Å². The summed E-state index contributed by atoms with van der Waals surface area (Å²) in [5.74, 6) is 0.413. The van der Waals surface area contributed by atoms with E-state index in [0.29, 0.717) is 6.42 Å². The van der Waals surface area contributed by atoms with Gasteiger partial charge in [-0.2, -0.15) is 0 Å². The van der Waals surface area contributed by atoms with Crippen molar-refractivity contribution in [1.29, 1.82) is 0 Å². The van der Waals surface area contributed by atoms with Crippen molar-refractivity contribution < 1.29 is 9.90 Å². The molecule has 0 spiro atoms. The van der Waals surface area contributed by atoms with Crippen LogP contribution < -0.4 is 5.32 Å². The average Bonchev–Trinajstić information content (AvgIpc) is 2.00. The fraction of sp³-hybridized carbons (Fsp3) is 0.727. The Morgan fingerprint density at radius 1 is 1.64 bits per heavy atom. The van der Waals surface area contributed by atoms with Crippen molar-refractivity contribution in [2.24, 2.45) is 5.92 Å². The van der Waals surface area contributed by atoms with Crippen LogP contribution in [0.5, 0.6) is 0 Å². The first kappa shape index (κ1) is 9.71. The quantitative estimate of drug-likeness (QED) is 0.663. The summed E-state index contributed by atoms with van der Waals surface area (Å²) in [7, 11) is 0. The number of allylic oxidation sites excluding steroid dienone is 2. The zero-order valence-corrected chi connectivity index (χ0v) is 8.76. The van der Waals surface area contributed by atoms with E-state index in [-0.39, 0.29) is 11.7 Å². The number of aliphatic hydroxyl groups is 1. The molecular formula is C11H17NO2. The smallest absolute Gasteiger partial charge is 0.157 e. The molecule has 0 saturated heterocycles. The lowest BCUT2D eigenvalue weighted by Crippen LogP contribution is -2.52. The summed E-state index contributed by atoms with van der Waals surface area (Å²) in [5, 5.41) is 13.2. The van der Waals surface area contributed by atoms with Crippen molar-refractivity contribution in [3.63, 3.8) is 0 Å². The molecule has 0 amide bonds. The summed E-state index contributed by atoms with van der Waals surface area (Å²) in [6, 6.07) is 0. The molecular weight excluding hydrogens is 178 g/mol. The number of rotatable bonds is 1. The summed E-state index contributed by atoms with van der Waals surface area (Å²) in [6.45, 7) is 3.50. The molecule has 1 saturated carbocycles. The number of carbonyl (C=O) groups excluding carboxylic acids is 1. The van der Waals surface area contributed by atoms with Crippen LogP contribution in [-0.4, -0.2) is 16.6 Å². The van der Waals surface area contributed by atoms with Crippen molar-refractivity contribution in [3.05, 3.63) is 11.3 Å². The van der Waals surface area contributed by atoms with Gasteiger partial charge in [-0.3, -0.25) is 4.79 Å². The third-order valence-corrected chi connectivity index (χ3v) is 3.34. The van der Waals surface area contributed by atoms with Gasteiger partial charge >= 0.3 is 0 Å². The summed E-state index contributed by atoms with van der Waals surface area (Å²) in [5.41, 5.74) is 1.02. The number of fused-ring (bicyclic) bond motifs is 2. The Bertz CT molecular complexity index is 308. The topological polar surface area (TPSA) is 49.3 Å². The molecule has 2 N–H and O–H groups in total. The fourth-order valence-electron chi connectivity index (χ4n) is 2.89. The lowest BCUT2D eigenvalue weighted by atomic mass is 9.74. The second-order valence-corrected chi connectivity index (χ2v) is 4.54. The third kappa shape index (κ3) is 1.46. The Kier molecular flexibility index (Phi) is 2.14. The molecule has 1 heterocycles. The van der Waals surface area contributed by atoms with Gasteiger partial charge in [0.15, 0.2) is 5.78 Å². The number of hydrogen-bond donors (Lipinski definition) is 2. The van der Waals surface area contributed by atoms with Crippen LogP contribution in [-0.2, 0) is 4.79 Å². The second kappa shape index (κ2) is 3.09. The standard InChI is InChI=1S/C11H17NO2/c1-7-10(8(2)13)9-4-3-5-11(14,6-9)12-7/h9,12,14H,3-6H2,1-2H3/t9-,11-/m0/s1. The molecule has 1 aliphatic heterocycles. The zero-order chi connectivity index (χ0) is 10.3. The van der Waals surface area contributed by atoms with Gasteiger partial charge in [-0.1, -0.05) is 0 Å². The van der Waals surface area contributed by atoms with Crippen molar-refractivity contribution >= 4 is 5.78 Å². The maximum atomic E-state index is 11.4. The monoisotopic (exact) mass is 195 g/mol. The van der Waals surface area contributed by atoms with Gasteiger partial charge in [-0.05, 0) is 39.0 Å². The highest BCUT2D eigenvalue weighted by Gasteiger charge is 2.41. The van der Waals surface area contributed by atoms with Gasteiger partial charge in [-0.15, -0.1) is 0 Å². The van der Waals surface area contributed by atoms with E-state index in [9.17, 15) is 9.90 Å². The number of hydrogen-bond acceptors (Lipinski definition) is 3. The van der Waals surface area contributed by atoms with E-state index in [1.54, 1.807) is 6.92 Å². The predicted molar refractivity (Wildman–Crippen MR) is 53.4 cm³/mol. The van der Waals surface area contributed by atoms with Crippen LogP contribution >= 0.6 is 0 Å². The lowest BCUT2D eigenvalue weighted by molar-refractivity contribution is -0.115. The molecule has 2 bridgehead atoms. The maximum absolute atomic E-state index is 11.4. The van der Waals surface area contributed by atoms with Gasteiger partial charge in [0.05, 0.1) is 0 Å². The first-order chi connectivity index (χ1) is 6.52. The molecule has 14 heavy (non-hydrogen) atoms. The van der Waals surface area contributed by atoms with E-state index in [1.165, 1.54) is 0 Å². The molecule has 1 aliphatic carbocycles. The van der Waals surface area contributed by atoms with E-state index < -0.39 is 5.72 Å². The van der Waals surface area contributed by atoms with Gasteiger partial charge in [0.25, 0.3) is 0 Å². The Hall–Kier alpha value is -0.830. The van der Waals surface area contributed by atoms with Crippen LogP contribution in [0.15, 0.2) is 11.3 Å². The van der Waals surface area contributed by atoms with E-state index in [4.69, 9.17) is 0 Å². The van der Waals surface area contributed by atoms with E-state index in [1.807, 2.05) is 6.92 Å². The Morgan fingerprint density at radius 3 is 3.00 bits per heavy atom. The third-order valence-electron chi connectivity index (χ3n) is 3.34. The summed E-state index contributed by atoms with van der Waals surface area (Å²) < 4.78 is 0. The van der Waals surface area contributed by atoms with Crippen molar-refractivity contribution in [1.82, 2.24) is 5.32 Å². The number of ketones is 1. The number of nitrogens with one attached hydrogen (secondary N) is 1. The fourth-order valence-corrected chi connectivity index (χ4v) is 2.89. The Balaban J connectivity index is 2.36. The highest BCUT2D eigenvalue weighted by atomic mass is 16.3. The van der Waals surface area contributed by atoms with Crippen molar-refractivity contribution in [3.8, 4) is 0 Å². The maximum Gasteiger partial charge on any atom is 0.157 e. The highest BCUT2D eigenvalue weighted by molar-refractivity contribution is 5.94. The first-order valence-corrected chi connectivity index (χ1v) is 5.24. The summed E-state index contributed by atoms with van der Waals surface area (Å²) >= 11 is 0. The predicted octanol–water partition coefficient (Wildman–Crippen LogP) is 1.33. The number of Topliss-reactive ketones (excluding diaryl/α,β-unsaturated/α-hetero) is 1.